The Morgan fingerprint density at radius 3 is 2.38 bits per heavy atom. The number of hydrogen-bond donors (Lipinski definition) is 1. The van der Waals surface area contributed by atoms with Crippen LogP contribution in [0.4, 0.5) is 11.4 Å². The van der Waals surface area contributed by atoms with Crippen molar-refractivity contribution in [1.29, 1.82) is 0 Å². The van der Waals surface area contributed by atoms with Gasteiger partial charge >= 0.3 is 0 Å². The summed E-state index contributed by atoms with van der Waals surface area (Å²) in [6.45, 7) is 2.64. The van der Waals surface area contributed by atoms with E-state index >= 15 is 0 Å². The van der Waals surface area contributed by atoms with Gasteiger partial charge in [0.15, 0.2) is 0 Å². The number of carbonyl (C=O) groups is 2. The Hall–Kier alpha value is -4.16. The summed E-state index contributed by atoms with van der Waals surface area (Å²) < 4.78 is 34.4. The van der Waals surface area contributed by atoms with Crippen LogP contribution < -0.4 is 14.4 Å². The molecule has 1 atom stereocenters. The highest BCUT2D eigenvalue weighted by atomic mass is 35.5. The molecule has 224 valence electrons. The van der Waals surface area contributed by atoms with Crippen LogP contribution in [0.25, 0.3) is 0 Å². The number of carbonyl (C=O) groups excluding carboxylic acids is 2. The largest absolute Gasteiger partial charge is 0.495 e. The highest BCUT2D eigenvalue weighted by molar-refractivity contribution is 7.92. The number of nitrogens with one attached hydrogen (secondary N) is 1. The molecule has 0 radical (unpaired) electrons. The number of sulfonamides is 1. The van der Waals surface area contributed by atoms with Crippen LogP contribution in [0.1, 0.15) is 24.5 Å². The predicted octanol–water partition coefficient (Wildman–Crippen LogP) is 4.36. The molecule has 0 aliphatic rings. The van der Waals surface area contributed by atoms with E-state index in [-0.39, 0.29) is 35.0 Å². The molecule has 0 unspecified atom stereocenters. The van der Waals surface area contributed by atoms with E-state index in [1.165, 1.54) is 56.3 Å². The van der Waals surface area contributed by atoms with E-state index in [4.69, 9.17) is 16.3 Å². The third-order valence-electron chi connectivity index (χ3n) is 6.77. The van der Waals surface area contributed by atoms with Crippen molar-refractivity contribution in [2.75, 3.05) is 31.6 Å². The van der Waals surface area contributed by atoms with E-state index in [9.17, 15) is 28.1 Å². The fraction of sp³-hybridized carbons (Fsp3) is 0.310. The Kier molecular flexibility index (Phi) is 10.9. The number of nitro benzene ring substituents is 1. The monoisotopic (exact) mass is 616 g/mol. The molecule has 0 saturated heterocycles. The van der Waals surface area contributed by atoms with Gasteiger partial charge in [-0.2, -0.15) is 0 Å². The first-order chi connectivity index (χ1) is 19.9. The number of benzene rings is 3. The van der Waals surface area contributed by atoms with Crippen LogP contribution in [0, 0.1) is 17.0 Å². The topological polar surface area (TPSA) is 139 Å². The number of methoxy groups -OCH3 is 1. The van der Waals surface area contributed by atoms with E-state index in [1.54, 1.807) is 6.92 Å². The highest BCUT2D eigenvalue weighted by Crippen LogP contribution is 2.36. The van der Waals surface area contributed by atoms with Crippen LogP contribution in [-0.2, 0) is 26.0 Å². The van der Waals surface area contributed by atoms with E-state index < -0.39 is 49.9 Å². The lowest BCUT2D eigenvalue weighted by Crippen LogP contribution is -2.52. The van der Waals surface area contributed by atoms with Crippen molar-refractivity contribution >= 4 is 44.8 Å². The fourth-order valence-corrected chi connectivity index (χ4v) is 6.11. The van der Waals surface area contributed by atoms with E-state index in [1.807, 2.05) is 30.3 Å². The number of anilines is 1. The average Bonchev–Trinajstić information content (AvgIpc) is 2.97. The average molecular weight is 617 g/mol. The highest BCUT2D eigenvalue weighted by Gasteiger charge is 2.35. The molecule has 3 aromatic carbocycles. The van der Waals surface area contributed by atoms with Gasteiger partial charge in [-0.1, -0.05) is 54.9 Å². The number of amides is 2. The molecule has 0 spiro atoms. The molecule has 0 fully saturated rings. The summed E-state index contributed by atoms with van der Waals surface area (Å²) in [7, 11) is -1.79. The number of rotatable bonds is 13. The van der Waals surface area contributed by atoms with Gasteiger partial charge in [0, 0.05) is 30.2 Å². The number of hydrogen-bond acceptors (Lipinski definition) is 7. The molecule has 0 aromatic heterocycles. The van der Waals surface area contributed by atoms with Crippen molar-refractivity contribution in [2.45, 2.75) is 37.6 Å². The summed E-state index contributed by atoms with van der Waals surface area (Å²) in [6.07, 6.45) is 0.690. The van der Waals surface area contributed by atoms with Gasteiger partial charge in [-0.3, -0.25) is 24.0 Å². The molecule has 11 nitrogen and oxygen atoms in total. The Morgan fingerprint density at radius 1 is 1.10 bits per heavy atom. The summed E-state index contributed by atoms with van der Waals surface area (Å²) in [5.41, 5.74) is 0.758. The first-order valence-electron chi connectivity index (χ1n) is 13.1. The second-order valence-corrected chi connectivity index (χ2v) is 11.7. The SMILES string of the molecule is CC[C@@H](C(=O)NC)N(CCc1ccccc1)C(=O)CN(c1cc(Cl)ccc1OC)S(=O)(=O)c1ccc(C)c([N+](=O)[O-])c1. The maximum Gasteiger partial charge on any atom is 0.273 e. The van der Waals surface area contributed by atoms with E-state index in [2.05, 4.69) is 5.32 Å². The van der Waals surface area contributed by atoms with Crippen LogP contribution in [0.5, 0.6) is 5.75 Å². The Morgan fingerprint density at radius 2 is 1.79 bits per heavy atom. The second kappa shape index (κ2) is 14.1. The third-order valence-corrected chi connectivity index (χ3v) is 8.76. The summed E-state index contributed by atoms with van der Waals surface area (Å²) in [4.78, 5) is 38.7. The Balaban J connectivity index is 2.14. The molecule has 3 rings (SSSR count). The zero-order chi connectivity index (χ0) is 31.0. The van der Waals surface area contributed by atoms with Gasteiger partial charge in [0.25, 0.3) is 15.7 Å². The molecule has 42 heavy (non-hydrogen) atoms. The zero-order valence-corrected chi connectivity index (χ0v) is 25.3. The molecule has 2 amide bonds. The minimum absolute atomic E-state index is 0.0439. The minimum atomic E-state index is -4.59. The lowest BCUT2D eigenvalue weighted by molar-refractivity contribution is -0.385. The van der Waals surface area contributed by atoms with Crippen molar-refractivity contribution in [3.8, 4) is 5.75 Å². The predicted molar refractivity (Wildman–Crippen MR) is 160 cm³/mol. The van der Waals surface area contributed by atoms with Gasteiger partial charge in [0.05, 0.1) is 22.6 Å². The summed E-state index contributed by atoms with van der Waals surface area (Å²) >= 11 is 6.24. The number of nitro groups is 1. The first-order valence-corrected chi connectivity index (χ1v) is 14.9. The molecule has 0 saturated carbocycles. The molecule has 13 heteroatoms. The second-order valence-electron chi connectivity index (χ2n) is 9.39. The standard InChI is InChI=1S/C29H33ClN4O7S/c1-5-24(29(36)31-3)32(16-15-21-9-7-6-8-10-21)28(35)19-33(26-17-22(30)12-14-27(26)41-4)42(39,40)23-13-11-20(2)25(18-23)34(37)38/h6-14,17-18,24H,5,15-16,19H2,1-4H3,(H,31,36)/t24-/m0/s1. The normalized spacial score (nSPS) is 11.8. The number of aryl methyl sites for hydroxylation is 1. The summed E-state index contributed by atoms with van der Waals surface area (Å²) in [6, 6.07) is 16.3. The van der Waals surface area contributed by atoms with Crippen molar-refractivity contribution < 1.29 is 27.7 Å². The quantitative estimate of drug-likeness (QED) is 0.222. The van der Waals surface area contributed by atoms with E-state index in [0.29, 0.717) is 6.42 Å². The van der Waals surface area contributed by atoms with Gasteiger partial charge in [-0.25, -0.2) is 8.42 Å². The maximum atomic E-state index is 14.1. The Labute approximate surface area is 250 Å². The van der Waals surface area contributed by atoms with Crippen LogP contribution in [0.3, 0.4) is 0 Å². The molecule has 3 aromatic rings. The van der Waals surface area contributed by atoms with Gasteiger partial charge < -0.3 is 15.0 Å². The van der Waals surface area contributed by atoms with Crippen LogP contribution >= 0.6 is 11.6 Å². The summed E-state index contributed by atoms with van der Waals surface area (Å²) in [5, 5.41) is 14.3. The number of halogens is 1. The smallest absolute Gasteiger partial charge is 0.273 e. The number of nitrogens with zero attached hydrogens (tertiary/aromatic N) is 3. The molecular formula is C29H33ClN4O7S. The van der Waals surface area contributed by atoms with Gasteiger partial charge in [0.2, 0.25) is 11.8 Å². The third kappa shape index (κ3) is 7.37. The van der Waals surface area contributed by atoms with Crippen molar-refractivity contribution in [2.24, 2.45) is 0 Å². The maximum absolute atomic E-state index is 14.1. The van der Waals surface area contributed by atoms with Crippen LogP contribution in [-0.4, -0.2) is 63.3 Å². The first kappa shape index (κ1) is 32.4. The van der Waals surface area contributed by atoms with Gasteiger partial charge in [-0.05, 0) is 49.6 Å². The fourth-order valence-electron chi connectivity index (χ4n) is 4.51. The molecule has 0 bridgehead atoms. The minimum Gasteiger partial charge on any atom is -0.495 e. The van der Waals surface area contributed by atoms with E-state index in [0.717, 1.165) is 15.9 Å². The molecular weight excluding hydrogens is 584 g/mol. The molecule has 0 aliphatic heterocycles. The van der Waals surface area contributed by atoms with Crippen LogP contribution in [0.2, 0.25) is 5.02 Å². The lowest BCUT2D eigenvalue weighted by Gasteiger charge is -2.33. The summed E-state index contributed by atoms with van der Waals surface area (Å²) in [5.74, 6) is -0.956. The lowest BCUT2D eigenvalue weighted by atomic mass is 10.1. The van der Waals surface area contributed by atoms with Crippen molar-refractivity contribution in [1.82, 2.24) is 10.2 Å². The number of ether oxygens (including phenoxy) is 1. The van der Waals surface area contributed by atoms with Crippen molar-refractivity contribution in [3.05, 3.63) is 93.0 Å². The van der Waals surface area contributed by atoms with Crippen LogP contribution in [0.15, 0.2) is 71.6 Å². The van der Waals surface area contributed by atoms with Crippen molar-refractivity contribution in [3.63, 3.8) is 0 Å². The number of likely N-dealkylation sites (N-methyl/N-ethyl adjacent to an activating group) is 1. The van der Waals surface area contributed by atoms with Gasteiger partial charge in [-0.15, -0.1) is 0 Å². The molecule has 0 heterocycles. The molecule has 1 N–H and O–H groups in total. The zero-order valence-electron chi connectivity index (χ0n) is 23.7. The molecule has 0 aliphatic carbocycles. The van der Waals surface area contributed by atoms with Gasteiger partial charge in [0.1, 0.15) is 18.3 Å². The Bertz CT molecular complexity index is 1550.